The van der Waals surface area contributed by atoms with Crippen molar-refractivity contribution >= 4 is 11.6 Å². The number of esters is 1. The zero-order valence-corrected chi connectivity index (χ0v) is 16.4. The van der Waals surface area contributed by atoms with Gasteiger partial charge in [0.15, 0.2) is 5.69 Å². The molecular weight excluding hydrogens is 392 g/mol. The first kappa shape index (κ1) is 19.7. The number of aromatic nitrogens is 5. The number of carbonyl (C=O) groups is 1. The van der Waals surface area contributed by atoms with Crippen molar-refractivity contribution in [2.45, 2.75) is 26.8 Å². The molecule has 0 spiro atoms. The summed E-state index contributed by atoms with van der Waals surface area (Å²) >= 11 is 0. The minimum absolute atomic E-state index is 0.232. The van der Waals surface area contributed by atoms with Gasteiger partial charge in [0.2, 0.25) is 0 Å². The van der Waals surface area contributed by atoms with Crippen LogP contribution in [0.25, 0.3) is 28.3 Å². The summed E-state index contributed by atoms with van der Waals surface area (Å²) in [6, 6.07) is 8.94. The number of halogens is 2. The summed E-state index contributed by atoms with van der Waals surface area (Å²) in [6.45, 7) is 3.29. The molecule has 0 bridgehead atoms. The number of nitrogens with zero attached hydrogens (tertiary/aromatic N) is 5. The number of carbonyl (C=O) groups excluding carboxylic acids is 1. The average Bonchev–Trinajstić information content (AvgIpc) is 3.31. The fourth-order valence-corrected chi connectivity index (χ4v) is 3.31. The third-order valence-electron chi connectivity index (χ3n) is 4.57. The first-order valence-electron chi connectivity index (χ1n) is 9.40. The van der Waals surface area contributed by atoms with E-state index in [9.17, 15) is 13.6 Å². The Balaban J connectivity index is 1.90. The molecule has 0 atom stereocenters. The molecule has 0 saturated heterocycles. The lowest BCUT2D eigenvalue weighted by atomic mass is 10.1. The van der Waals surface area contributed by atoms with Gasteiger partial charge in [0.05, 0.1) is 37.1 Å². The maximum atomic E-state index is 13.2. The zero-order valence-electron chi connectivity index (χ0n) is 16.4. The standard InChI is InChI=1S/C21H19F2N5O2/c1-3-30-21(29)16-9-24-18-8-7-14(10-28(16)18)20-19(15-6-4-5-13(2)26-15)25-12-27(20)11-17(22)23/h4-10,12,17H,3,11H2,1-2H3. The molecule has 0 fully saturated rings. The number of fused-ring (bicyclic) bond motifs is 1. The molecule has 4 aromatic heterocycles. The van der Waals surface area contributed by atoms with E-state index in [0.29, 0.717) is 28.3 Å². The SMILES string of the molecule is CCOC(=O)c1cnc2ccc(-c3c(-c4cccc(C)n4)ncn3CC(F)F)cn12. The summed E-state index contributed by atoms with van der Waals surface area (Å²) in [4.78, 5) is 25.3. The third kappa shape index (κ3) is 3.66. The van der Waals surface area contributed by atoms with Crippen molar-refractivity contribution in [3.8, 4) is 22.6 Å². The Labute approximate surface area is 171 Å². The molecule has 9 heteroatoms. The first-order valence-corrected chi connectivity index (χ1v) is 9.40. The minimum atomic E-state index is -2.55. The van der Waals surface area contributed by atoms with Crippen LogP contribution >= 0.6 is 0 Å². The highest BCUT2D eigenvalue weighted by Crippen LogP contribution is 2.31. The molecule has 30 heavy (non-hydrogen) atoms. The molecule has 4 rings (SSSR count). The fourth-order valence-electron chi connectivity index (χ4n) is 3.31. The average molecular weight is 411 g/mol. The van der Waals surface area contributed by atoms with Crippen molar-refractivity contribution in [3.05, 3.63) is 60.4 Å². The van der Waals surface area contributed by atoms with Crippen molar-refractivity contribution in [2.24, 2.45) is 0 Å². The van der Waals surface area contributed by atoms with Crippen LogP contribution in [0.5, 0.6) is 0 Å². The number of rotatable bonds is 6. The lowest BCUT2D eigenvalue weighted by Crippen LogP contribution is -2.09. The van der Waals surface area contributed by atoms with Crippen LogP contribution < -0.4 is 0 Å². The lowest BCUT2D eigenvalue weighted by molar-refractivity contribution is 0.0518. The van der Waals surface area contributed by atoms with E-state index in [4.69, 9.17) is 4.74 Å². The number of ether oxygens (including phenoxy) is 1. The van der Waals surface area contributed by atoms with Gasteiger partial charge in [-0.3, -0.25) is 9.38 Å². The molecule has 154 valence electrons. The Morgan fingerprint density at radius 3 is 2.77 bits per heavy atom. The Morgan fingerprint density at radius 2 is 2.03 bits per heavy atom. The van der Waals surface area contributed by atoms with Crippen LogP contribution in [0.15, 0.2) is 49.1 Å². The van der Waals surface area contributed by atoms with E-state index in [1.807, 2.05) is 19.1 Å². The molecule has 0 aliphatic rings. The predicted octanol–water partition coefficient (Wildman–Crippen LogP) is 4.01. The maximum absolute atomic E-state index is 13.2. The Morgan fingerprint density at radius 1 is 1.20 bits per heavy atom. The third-order valence-corrected chi connectivity index (χ3v) is 4.57. The number of hydrogen-bond donors (Lipinski definition) is 0. The van der Waals surface area contributed by atoms with Gasteiger partial charge in [-0.1, -0.05) is 6.07 Å². The van der Waals surface area contributed by atoms with Gasteiger partial charge >= 0.3 is 5.97 Å². The van der Waals surface area contributed by atoms with Crippen LogP contribution in [-0.4, -0.2) is 42.9 Å². The number of alkyl halides is 2. The van der Waals surface area contributed by atoms with Crippen molar-refractivity contribution in [3.63, 3.8) is 0 Å². The molecule has 0 saturated carbocycles. The number of pyridine rings is 2. The molecule has 4 aromatic rings. The van der Waals surface area contributed by atoms with Crippen molar-refractivity contribution in [2.75, 3.05) is 6.61 Å². The van der Waals surface area contributed by atoms with Crippen molar-refractivity contribution in [1.29, 1.82) is 0 Å². The lowest BCUT2D eigenvalue weighted by Gasteiger charge is -2.11. The topological polar surface area (TPSA) is 74.3 Å². The zero-order chi connectivity index (χ0) is 21.3. The number of hydrogen-bond acceptors (Lipinski definition) is 5. The largest absolute Gasteiger partial charge is 0.461 e. The molecule has 0 aromatic carbocycles. The van der Waals surface area contributed by atoms with Crippen molar-refractivity contribution in [1.82, 2.24) is 23.9 Å². The fraction of sp³-hybridized carbons (Fsp3) is 0.238. The summed E-state index contributed by atoms with van der Waals surface area (Å²) in [5, 5.41) is 0. The number of imidazole rings is 2. The summed E-state index contributed by atoms with van der Waals surface area (Å²) in [6.07, 6.45) is 1.93. The second-order valence-electron chi connectivity index (χ2n) is 6.66. The summed E-state index contributed by atoms with van der Waals surface area (Å²) in [5.41, 5.74) is 3.73. The molecule has 4 heterocycles. The van der Waals surface area contributed by atoms with Gasteiger partial charge in [0.25, 0.3) is 6.43 Å². The second kappa shape index (κ2) is 8.02. The quantitative estimate of drug-likeness (QED) is 0.448. The molecule has 0 aliphatic heterocycles. The highest BCUT2D eigenvalue weighted by atomic mass is 19.3. The normalized spacial score (nSPS) is 11.4. The summed E-state index contributed by atoms with van der Waals surface area (Å²) in [7, 11) is 0. The molecule has 0 aliphatic carbocycles. The van der Waals surface area contributed by atoms with Gasteiger partial charge in [-0.15, -0.1) is 0 Å². The monoisotopic (exact) mass is 411 g/mol. The minimum Gasteiger partial charge on any atom is -0.461 e. The summed E-state index contributed by atoms with van der Waals surface area (Å²) < 4.78 is 34.5. The Kier molecular flexibility index (Phi) is 5.26. The first-order chi connectivity index (χ1) is 14.5. The van der Waals surface area contributed by atoms with E-state index in [2.05, 4.69) is 15.0 Å². The van der Waals surface area contributed by atoms with Gasteiger partial charge in [-0.2, -0.15) is 0 Å². The van der Waals surface area contributed by atoms with Gasteiger partial charge in [0, 0.05) is 17.5 Å². The number of aryl methyl sites for hydroxylation is 1. The van der Waals surface area contributed by atoms with Crippen LogP contribution in [0.1, 0.15) is 23.1 Å². The van der Waals surface area contributed by atoms with E-state index in [0.717, 1.165) is 5.69 Å². The van der Waals surface area contributed by atoms with E-state index in [1.54, 1.807) is 35.7 Å². The smallest absolute Gasteiger partial charge is 0.356 e. The highest BCUT2D eigenvalue weighted by Gasteiger charge is 2.20. The molecular formula is C21H19F2N5O2. The molecule has 0 amide bonds. The summed E-state index contributed by atoms with van der Waals surface area (Å²) in [5.74, 6) is -0.510. The Hall–Kier alpha value is -3.62. The molecule has 0 N–H and O–H groups in total. The second-order valence-corrected chi connectivity index (χ2v) is 6.66. The Bertz CT molecular complexity index is 1220. The molecule has 7 nitrogen and oxygen atoms in total. The highest BCUT2D eigenvalue weighted by molar-refractivity contribution is 5.89. The van der Waals surface area contributed by atoms with Crippen LogP contribution in [0.2, 0.25) is 0 Å². The van der Waals surface area contributed by atoms with Crippen LogP contribution in [-0.2, 0) is 11.3 Å². The van der Waals surface area contributed by atoms with Gasteiger partial charge < -0.3 is 9.30 Å². The van der Waals surface area contributed by atoms with Gasteiger partial charge in [0.1, 0.15) is 11.3 Å². The van der Waals surface area contributed by atoms with Crippen molar-refractivity contribution < 1.29 is 18.3 Å². The van der Waals surface area contributed by atoms with E-state index in [-0.39, 0.29) is 12.3 Å². The van der Waals surface area contributed by atoms with E-state index < -0.39 is 18.9 Å². The van der Waals surface area contributed by atoms with Gasteiger partial charge in [-0.05, 0) is 38.1 Å². The van der Waals surface area contributed by atoms with Gasteiger partial charge in [-0.25, -0.2) is 23.5 Å². The van der Waals surface area contributed by atoms with Crippen LogP contribution in [0, 0.1) is 6.92 Å². The van der Waals surface area contributed by atoms with Crippen LogP contribution in [0.4, 0.5) is 8.78 Å². The predicted molar refractivity (Wildman–Crippen MR) is 106 cm³/mol. The van der Waals surface area contributed by atoms with Crippen LogP contribution in [0.3, 0.4) is 0 Å². The molecule has 0 unspecified atom stereocenters. The maximum Gasteiger partial charge on any atom is 0.356 e. The van der Waals surface area contributed by atoms with E-state index >= 15 is 0 Å². The van der Waals surface area contributed by atoms with E-state index in [1.165, 1.54) is 17.1 Å². The molecule has 0 radical (unpaired) electrons.